The molecule has 0 rings (SSSR count). The maximum Gasteiger partial charge on any atom is 0.306 e. The Morgan fingerprint density at radius 1 is 0.818 bits per heavy atom. The van der Waals surface area contributed by atoms with E-state index >= 15 is 0 Å². The molecule has 0 aromatic carbocycles. The zero-order chi connectivity index (χ0) is 25.0. The summed E-state index contributed by atoms with van der Waals surface area (Å²) in [5.41, 5.74) is 0. The lowest BCUT2D eigenvalue weighted by Gasteiger charge is -2.28. The number of ether oxygens (including phenoxy) is 2. The van der Waals surface area contributed by atoms with Crippen molar-refractivity contribution in [2.24, 2.45) is 0 Å². The van der Waals surface area contributed by atoms with Crippen molar-refractivity contribution in [2.45, 2.75) is 97.0 Å². The standard InChI is InChI=1S/C24H50NO7P/c1-6-8-10-12-14-16-19-29-21-23(32-24(26)17-15-13-11-9-7-2)22-31-33(27,28)30-20-18-25(3,4)5/h23H,6-22H2,1-5H3. The van der Waals surface area contributed by atoms with Crippen molar-refractivity contribution in [1.29, 1.82) is 0 Å². The number of nitrogens with zero attached hydrogens (tertiary/aromatic N) is 1. The van der Waals surface area contributed by atoms with E-state index in [-0.39, 0.29) is 25.8 Å². The molecule has 0 N–H and O–H groups in total. The molecule has 198 valence electrons. The average molecular weight is 496 g/mol. The minimum atomic E-state index is -4.48. The van der Waals surface area contributed by atoms with Crippen LogP contribution in [-0.2, 0) is 27.9 Å². The van der Waals surface area contributed by atoms with Crippen LogP contribution in [0.2, 0.25) is 0 Å². The van der Waals surface area contributed by atoms with E-state index in [1.54, 1.807) is 0 Å². The van der Waals surface area contributed by atoms with Crippen molar-refractivity contribution < 1.29 is 37.3 Å². The smallest absolute Gasteiger partial charge is 0.306 e. The summed E-state index contributed by atoms with van der Waals surface area (Å²) in [6, 6.07) is 0. The van der Waals surface area contributed by atoms with Crippen molar-refractivity contribution in [2.75, 3.05) is 54.1 Å². The number of rotatable bonds is 23. The Balaban J connectivity index is 4.45. The number of carbonyl (C=O) groups is 1. The molecular formula is C24H50NO7P. The molecule has 9 heteroatoms. The van der Waals surface area contributed by atoms with E-state index in [1.807, 2.05) is 21.1 Å². The van der Waals surface area contributed by atoms with Gasteiger partial charge in [-0.25, -0.2) is 0 Å². The van der Waals surface area contributed by atoms with Crippen molar-refractivity contribution in [3.05, 3.63) is 0 Å². The second-order valence-corrected chi connectivity index (χ2v) is 11.1. The molecule has 0 bridgehead atoms. The Morgan fingerprint density at radius 3 is 2.00 bits per heavy atom. The van der Waals surface area contributed by atoms with Crippen LogP contribution in [0.4, 0.5) is 0 Å². The van der Waals surface area contributed by atoms with E-state index < -0.39 is 13.9 Å². The predicted octanol–water partition coefficient (Wildman–Crippen LogP) is 4.84. The molecule has 0 aliphatic rings. The SMILES string of the molecule is CCCCCCCCOCC(COP(=O)([O-])OCC[N+](C)(C)C)OC(=O)CCCCCCC. The third kappa shape index (κ3) is 23.0. The van der Waals surface area contributed by atoms with Crippen LogP contribution in [0.25, 0.3) is 0 Å². The maximum absolute atomic E-state index is 12.2. The Bertz CT molecular complexity index is 525. The molecule has 0 fully saturated rings. The van der Waals surface area contributed by atoms with Crippen molar-refractivity contribution in [3.63, 3.8) is 0 Å². The van der Waals surface area contributed by atoms with Crippen LogP contribution in [-0.4, -0.2) is 70.7 Å². The first kappa shape index (κ1) is 32.5. The second-order valence-electron chi connectivity index (χ2n) is 9.71. The third-order valence-electron chi connectivity index (χ3n) is 5.16. The number of carbonyl (C=O) groups excluding carboxylic acids is 1. The van der Waals surface area contributed by atoms with Crippen LogP contribution in [0.15, 0.2) is 0 Å². The van der Waals surface area contributed by atoms with Gasteiger partial charge < -0.3 is 27.9 Å². The Kier molecular flexibility index (Phi) is 19.5. The molecule has 0 aromatic rings. The van der Waals surface area contributed by atoms with Gasteiger partial charge in [0.25, 0.3) is 7.82 Å². The topological polar surface area (TPSA) is 94.1 Å². The van der Waals surface area contributed by atoms with Gasteiger partial charge in [0.15, 0.2) is 0 Å². The third-order valence-corrected chi connectivity index (χ3v) is 6.12. The van der Waals surface area contributed by atoms with Gasteiger partial charge in [-0.15, -0.1) is 0 Å². The van der Waals surface area contributed by atoms with Crippen LogP contribution in [0.3, 0.4) is 0 Å². The molecule has 0 spiro atoms. The van der Waals surface area contributed by atoms with Crippen LogP contribution in [0.1, 0.15) is 90.9 Å². The minimum Gasteiger partial charge on any atom is -0.756 e. The monoisotopic (exact) mass is 495 g/mol. The zero-order valence-electron chi connectivity index (χ0n) is 21.9. The summed E-state index contributed by atoms with van der Waals surface area (Å²) in [5.74, 6) is -0.352. The van der Waals surface area contributed by atoms with Gasteiger partial charge in [0.1, 0.15) is 19.3 Å². The Hall–Kier alpha value is -0.500. The fraction of sp³-hybridized carbons (Fsp3) is 0.958. The molecule has 0 heterocycles. The number of phosphoric acid groups is 1. The Morgan fingerprint density at radius 2 is 1.39 bits per heavy atom. The molecular weight excluding hydrogens is 445 g/mol. The fourth-order valence-corrected chi connectivity index (χ4v) is 3.80. The highest BCUT2D eigenvalue weighted by Gasteiger charge is 2.20. The molecule has 33 heavy (non-hydrogen) atoms. The first-order valence-electron chi connectivity index (χ1n) is 12.8. The lowest BCUT2D eigenvalue weighted by Crippen LogP contribution is -2.37. The molecule has 0 radical (unpaired) electrons. The van der Waals surface area contributed by atoms with Gasteiger partial charge in [-0.3, -0.25) is 9.36 Å². The highest BCUT2D eigenvalue weighted by molar-refractivity contribution is 7.45. The first-order valence-corrected chi connectivity index (χ1v) is 14.2. The van der Waals surface area contributed by atoms with Crippen molar-refractivity contribution in [3.8, 4) is 0 Å². The molecule has 0 saturated heterocycles. The normalized spacial score (nSPS) is 14.7. The van der Waals surface area contributed by atoms with Gasteiger partial charge in [0.2, 0.25) is 0 Å². The Labute approximate surface area is 202 Å². The quantitative estimate of drug-likeness (QED) is 0.0866. The summed E-state index contributed by atoms with van der Waals surface area (Å²) in [6.07, 6.45) is 11.6. The minimum absolute atomic E-state index is 0.0288. The molecule has 0 aliphatic heterocycles. The largest absolute Gasteiger partial charge is 0.756 e. The van der Waals surface area contributed by atoms with Gasteiger partial charge >= 0.3 is 5.97 Å². The van der Waals surface area contributed by atoms with Gasteiger partial charge in [-0.05, 0) is 12.8 Å². The van der Waals surface area contributed by atoms with Crippen molar-refractivity contribution >= 4 is 13.8 Å². The summed E-state index contributed by atoms with van der Waals surface area (Å²) in [5, 5.41) is 0. The van der Waals surface area contributed by atoms with Crippen LogP contribution in [0.5, 0.6) is 0 Å². The number of likely N-dealkylation sites (N-methyl/N-ethyl adjacent to an activating group) is 1. The zero-order valence-corrected chi connectivity index (χ0v) is 22.7. The fourth-order valence-electron chi connectivity index (χ4n) is 3.07. The van der Waals surface area contributed by atoms with E-state index in [1.165, 1.54) is 25.7 Å². The number of quaternary nitrogens is 1. The summed E-state index contributed by atoms with van der Waals surface area (Å²) in [7, 11) is 1.35. The molecule has 0 aromatic heterocycles. The van der Waals surface area contributed by atoms with Gasteiger partial charge in [-0.1, -0.05) is 71.6 Å². The number of hydrogen-bond donors (Lipinski definition) is 0. The number of unbranched alkanes of at least 4 members (excludes halogenated alkanes) is 9. The van der Waals surface area contributed by atoms with Crippen LogP contribution >= 0.6 is 7.82 Å². The van der Waals surface area contributed by atoms with E-state index in [0.717, 1.165) is 44.9 Å². The predicted molar refractivity (Wildman–Crippen MR) is 130 cm³/mol. The molecule has 8 nitrogen and oxygen atoms in total. The van der Waals surface area contributed by atoms with Gasteiger partial charge in [0.05, 0.1) is 34.4 Å². The number of esters is 1. The lowest BCUT2D eigenvalue weighted by molar-refractivity contribution is -0.870. The van der Waals surface area contributed by atoms with Crippen molar-refractivity contribution in [1.82, 2.24) is 0 Å². The summed E-state index contributed by atoms with van der Waals surface area (Å²) in [4.78, 5) is 24.3. The van der Waals surface area contributed by atoms with Gasteiger partial charge in [0, 0.05) is 13.0 Å². The van der Waals surface area contributed by atoms with Crippen LogP contribution < -0.4 is 4.89 Å². The maximum atomic E-state index is 12.2. The lowest BCUT2D eigenvalue weighted by atomic mass is 10.1. The summed E-state index contributed by atoms with van der Waals surface area (Å²) in [6.45, 7) is 5.23. The van der Waals surface area contributed by atoms with Crippen LogP contribution in [0, 0.1) is 0 Å². The van der Waals surface area contributed by atoms with E-state index in [9.17, 15) is 14.3 Å². The first-order chi connectivity index (χ1) is 15.6. The highest BCUT2D eigenvalue weighted by atomic mass is 31.2. The number of phosphoric ester groups is 1. The molecule has 0 saturated carbocycles. The average Bonchev–Trinajstić information content (AvgIpc) is 2.72. The molecule has 2 atom stereocenters. The summed E-state index contributed by atoms with van der Waals surface area (Å²) < 4.78 is 33.7. The highest BCUT2D eigenvalue weighted by Crippen LogP contribution is 2.38. The van der Waals surface area contributed by atoms with E-state index in [0.29, 0.717) is 24.1 Å². The second kappa shape index (κ2) is 19.8. The van der Waals surface area contributed by atoms with Gasteiger partial charge in [-0.2, -0.15) is 0 Å². The molecule has 0 amide bonds. The van der Waals surface area contributed by atoms with E-state index in [2.05, 4.69) is 13.8 Å². The number of hydrogen-bond acceptors (Lipinski definition) is 7. The molecule has 2 unspecified atom stereocenters. The molecule has 0 aliphatic carbocycles. The van der Waals surface area contributed by atoms with E-state index in [4.69, 9.17) is 18.5 Å². The summed E-state index contributed by atoms with van der Waals surface area (Å²) >= 11 is 0.